The molecule has 0 aliphatic carbocycles. The van der Waals surface area contributed by atoms with Gasteiger partial charge in [0.15, 0.2) is 17.3 Å². The number of Topliss-reactive ketones (excluding diaryl/α,β-unsaturated/α-hetero) is 1. The van der Waals surface area contributed by atoms with Gasteiger partial charge in [-0.2, -0.15) is 0 Å². The van der Waals surface area contributed by atoms with Crippen molar-refractivity contribution < 1.29 is 23.9 Å². The number of carbonyl (C=O) groups excluding carboxylic acids is 3. The molecule has 1 fully saturated rings. The molecule has 4 rings (SSSR count). The summed E-state index contributed by atoms with van der Waals surface area (Å²) >= 11 is 16.3. The van der Waals surface area contributed by atoms with Gasteiger partial charge in [-0.1, -0.05) is 41.4 Å². The second kappa shape index (κ2) is 11.5. The van der Waals surface area contributed by atoms with E-state index in [0.29, 0.717) is 37.1 Å². The molecular formula is C26H18BrCl2NO5S. The van der Waals surface area contributed by atoms with Crippen molar-refractivity contribution in [2.75, 3.05) is 13.7 Å². The van der Waals surface area contributed by atoms with Gasteiger partial charge >= 0.3 is 0 Å². The first-order valence-corrected chi connectivity index (χ1v) is 12.9. The van der Waals surface area contributed by atoms with Gasteiger partial charge in [0.2, 0.25) is 0 Å². The predicted molar refractivity (Wildman–Crippen MR) is 145 cm³/mol. The molecule has 0 bridgehead atoms. The Bertz CT molecular complexity index is 1380. The normalized spacial score (nSPS) is 14.4. The number of amides is 2. The molecule has 1 aliphatic heterocycles. The van der Waals surface area contributed by atoms with E-state index in [-0.39, 0.29) is 23.8 Å². The second-order valence-corrected chi connectivity index (χ2v) is 10.3. The molecule has 0 N–H and O–H groups in total. The lowest BCUT2D eigenvalue weighted by Crippen LogP contribution is -2.33. The SMILES string of the molecule is COc1cc(/C=C2/SC(=O)N(CC(=O)c3ccc(Cl)cc3)C2=O)cc(Br)c1OCc1ccccc1Cl. The lowest BCUT2D eigenvalue weighted by molar-refractivity contribution is -0.122. The number of benzene rings is 3. The molecule has 3 aromatic carbocycles. The zero-order valence-electron chi connectivity index (χ0n) is 18.8. The van der Waals surface area contributed by atoms with Gasteiger partial charge in [-0.25, -0.2) is 0 Å². The summed E-state index contributed by atoms with van der Waals surface area (Å²) in [6.07, 6.45) is 1.57. The lowest BCUT2D eigenvalue weighted by Gasteiger charge is -2.14. The molecule has 184 valence electrons. The summed E-state index contributed by atoms with van der Waals surface area (Å²) in [6, 6.07) is 17.1. The van der Waals surface area contributed by atoms with Crippen LogP contribution in [0.4, 0.5) is 4.79 Å². The summed E-state index contributed by atoms with van der Waals surface area (Å²) < 4.78 is 12.0. The number of hydrogen-bond donors (Lipinski definition) is 0. The standard InChI is InChI=1S/C26H18BrCl2NO5S/c1-34-22-11-15(10-19(27)24(22)35-14-17-4-2-3-5-20(17)29)12-23-25(32)30(26(33)36-23)13-21(31)16-6-8-18(28)9-7-16/h2-12H,13-14H2,1H3/b23-12+. The average molecular weight is 607 g/mol. The first-order valence-electron chi connectivity index (χ1n) is 10.5. The van der Waals surface area contributed by atoms with Crippen molar-refractivity contribution in [3.63, 3.8) is 0 Å². The highest BCUT2D eigenvalue weighted by Gasteiger charge is 2.36. The van der Waals surface area contributed by atoms with Gasteiger partial charge in [0.1, 0.15) is 6.61 Å². The minimum Gasteiger partial charge on any atom is -0.493 e. The maximum absolute atomic E-state index is 12.9. The number of thioether (sulfide) groups is 1. The molecule has 0 saturated carbocycles. The number of ether oxygens (including phenoxy) is 2. The van der Waals surface area contributed by atoms with E-state index < -0.39 is 11.1 Å². The summed E-state index contributed by atoms with van der Waals surface area (Å²) in [6.45, 7) is -0.125. The Kier molecular flexibility index (Phi) is 8.41. The first kappa shape index (κ1) is 26.3. The maximum Gasteiger partial charge on any atom is 0.293 e. The molecule has 2 amide bonds. The molecule has 1 saturated heterocycles. The van der Waals surface area contributed by atoms with Crippen LogP contribution < -0.4 is 9.47 Å². The first-order chi connectivity index (χ1) is 17.3. The number of halogens is 3. The highest BCUT2D eigenvalue weighted by molar-refractivity contribution is 9.10. The number of ketones is 1. The van der Waals surface area contributed by atoms with E-state index in [1.54, 1.807) is 48.5 Å². The highest BCUT2D eigenvalue weighted by Crippen LogP contribution is 2.39. The quantitative estimate of drug-likeness (QED) is 0.198. The van der Waals surface area contributed by atoms with Gasteiger partial charge < -0.3 is 9.47 Å². The number of nitrogens with zero attached hydrogens (tertiary/aromatic N) is 1. The fraction of sp³-hybridized carbons (Fsp3) is 0.115. The molecular weight excluding hydrogens is 589 g/mol. The summed E-state index contributed by atoms with van der Waals surface area (Å²) in [7, 11) is 1.50. The van der Waals surface area contributed by atoms with Crippen molar-refractivity contribution in [3.05, 3.63) is 96.8 Å². The van der Waals surface area contributed by atoms with E-state index in [2.05, 4.69) is 15.9 Å². The smallest absolute Gasteiger partial charge is 0.293 e. The van der Waals surface area contributed by atoms with E-state index in [1.807, 2.05) is 18.2 Å². The molecule has 1 aliphatic rings. The van der Waals surface area contributed by atoms with Gasteiger partial charge in [0.05, 0.1) is 23.0 Å². The number of methoxy groups -OCH3 is 1. The van der Waals surface area contributed by atoms with Crippen LogP contribution in [0, 0.1) is 0 Å². The van der Waals surface area contributed by atoms with Gasteiger partial charge in [-0.3, -0.25) is 19.3 Å². The zero-order chi connectivity index (χ0) is 25.8. The van der Waals surface area contributed by atoms with Crippen molar-refractivity contribution in [2.24, 2.45) is 0 Å². The third-order valence-electron chi connectivity index (χ3n) is 5.22. The van der Waals surface area contributed by atoms with Crippen LogP contribution in [0.25, 0.3) is 6.08 Å². The van der Waals surface area contributed by atoms with Crippen molar-refractivity contribution in [1.29, 1.82) is 0 Å². The van der Waals surface area contributed by atoms with Crippen LogP contribution in [0.3, 0.4) is 0 Å². The Morgan fingerprint density at radius 1 is 1.08 bits per heavy atom. The number of imide groups is 1. The number of carbonyl (C=O) groups is 3. The Morgan fingerprint density at radius 2 is 1.81 bits per heavy atom. The molecule has 36 heavy (non-hydrogen) atoms. The molecule has 6 nitrogen and oxygen atoms in total. The molecule has 1 heterocycles. The Hall–Kier alpha value is -2.78. The van der Waals surface area contributed by atoms with Crippen molar-refractivity contribution in [3.8, 4) is 11.5 Å². The topological polar surface area (TPSA) is 72.9 Å². The fourth-order valence-corrected chi connectivity index (χ4v) is 5.12. The fourth-order valence-electron chi connectivity index (χ4n) is 3.39. The predicted octanol–water partition coefficient (Wildman–Crippen LogP) is 7.26. The average Bonchev–Trinajstić information content (AvgIpc) is 3.11. The van der Waals surface area contributed by atoms with Crippen LogP contribution in [0.1, 0.15) is 21.5 Å². The van der Waals surface area contributed by atoms with E-state index in [9.17, 15) is 14.4 Å². The van der Waals surface area contributed by atoms with Gasteiger partial charge in [0, 0.05) is 21.2 Å². The molecule has 0 spiro atoms. The summed E-state index contributed by atoms with van der Waals surface area (Å²) in [5, 5.41) is 0.566. The Morgan fingerprint density at radius 3 is 2.50 bits per heavy atom. The highest BCUT2D eigenvalue weighted by atomic mass is 79.9. The Labute approximate surface area is 230 Å². The van der Waals surface area contributed by atoms with E-state index in [1.165, 1.54) is 7.11 Å². The number of rotatable bonds is 8. The molecule has 0 aromatic heterocycles. The van der Waals surface area contributed by atoms with Crippen LogP contribution in [-0.4, -0.2) is 35.5 Å². The molecule has 3 aromatic rings. The van der Waals surface area contributed by atoms with Crippen LogP contribution >= 0.6 is 50.9 Å². The molecule has 0 atom stereocenters. The largest absolute Gasteiger partial charge is 0.493 e. The summed E-state index contributed by atoms with van der Waals surface area (Å²) in [5.74, 6) is -0.00263. The monoisotopic (exact) mass is 605 g/mol. The van der Waals surface area contributed by atoms with Gasteiger partial charge in [0.25, 0.3) is 11.1 Å². The minimum absolute atomic E-state index is 0.197. The van der Waals surface area contributed by atoms with Gasteiger partial charge in [-0.05, 0) is 81.8 Å². The minimum atomic E-state index is -0.540. The number of hydrogen-bond acceptors (Lipinski definition) is 6. The Balaban J connectivity index is 1.51. The van der Waals surface area contributed by atoms with Crippen molar-refractivity contribution in [1.82, 2.24) is 4.90 Å². The van der Waals surface area contributed by atoms with E-state index >= 15 is 0 Å². The third-order valence-corrected chi connectivity index (χ3v) is 7.34. The third kappa shape index (κ3) is 5.95. The van der Waals surface area contributed by atoms with Crippen molar-refractivity contribution in [2.45, 2.75) is 6.61 Å². The molecule has 10 heteroatoms. The maximum atomic E-state index is 12.9. The summed E-state index contributed by atoms with van der Waals surface area (Å²) in [5.41, 5.74) is 1.79. The lowest BCUT2D eigenvalue weighted by atomic mass is 10.1. The van der Waals surface area contributed by atoms with E-state index in [4.69, 9.17) is 32.7 Å². The molecule has 0 radical (unpaired) electrons. The second-order valence-electron chi connectivity index (χ2n) is 7.61. The zero-order valence-corrected chi connectivity index (χ0v) is 22.7. The van der Waals surface area contributed by atoms with E-state index in [0.717, 1.165) is 22.2 Å². The van der Waals surface area contributed by atoms with Crippen LogP contribution in [0.2, 0.25) is 10.0 Å². The van der Waals surface area contributed by atoms with Crippen LogP contribution in [0.15, 0.2) is 70.0 Å². The summed E-state index contributed by atoms with van der Waals surface area (Å²) in [4.78, 5) is 39.1. The van der Waals surface area contributed by atoms with Crippen molar-refractivity contribution >= 4 is 73.9 Å². The van der Waals surface area contributed by atoms with Gasteiger partial charge in [-0.15, -0.1) is 0 Å². The van der Waals surface area contributed by atoms with Crippen LogP contribution in [-0.2, 0) is 11.4 Å². The molecule has 0 unspecified atom stereocenters. The van der Waals surface area contributed by atoms with Crippen LogP contribution in [0.5, 0.6) is 11.5 Å².